The summed E-state index contributed by atoms with van der Waals surface area (Å²) in [6.07, 6.45) is 5.21. The minimum atomic E-state index is -0.832. The van der Waals surface area contributed by atoms with Gasteiger partial charge in [-0.1, -0.05) is 5.92 Å². The first-order chi connectivity index (χ1) is 12.0. The van der Waals surface area contributed by atoms with Crippen molar-refractivity contribution in [3.8, 4) is 12.3 Å². The first-order valence-corrected chi connectivity index (χ1v) is 6.78. The second-order valence-electron chi connectivity index (χ2n) is 4.71. The van der Waals surface area contributed by atoms with Crippen molar-refractivity contribution >= 4 is 23.2 Å². The Bertz CT molecular complexity index is 1040. The molecule has 10 heteroatoms. The third-order valence-corrected chi connectivity index (χ3v) is 3.22. The van der Waals surface area contributed by atoms with Crippen molar-refractivity contribution < 1.29 is 18.7 Å². The van der Waals surface area contributed by atoms with Crippen LogP contribution in [-0.4, -0.2) is 44.2 Å². The van der Waals surface area contributed by atoms with Gasteiger partial charge in [-0.05, 0) is 34.7 Å². The van der Waals surface area contributed by atoms with Crippen LogP contribution in [0.4, 0.5) is 10.1 Å². The van der Waals surface area contributed by atoms with Crippen molar-refractivity contribution in [2.24, 2.45) is 0 Å². The second kappa shape index (κ2) is 6.32. The van der Waals surface area contributed by atoms with Crippen LogP contribution < -0.4 is 5.32 Å². The van der Waals surface area contributed by atoms with Crippen LogP contribution in [0.3, 0.4) is 0 Å². The summed E-state index contributed by atoms with van der Waals surface area (Å²) in [6.45, 7) is 0. The number of hydrogen-bond donors (Lipinski definition) is 1. The highest BCUT2D eigenvalue weighted by molar-refractivity contribution is 6.07. The number of benzene rings is 1. The number of amides is 1. The van der Waals surface area contributed by atoms with Gasteiger partial charge in [0.25, 0.3) is 5.91 Å². The van der Waals surface area contributed by atoms with Gasteiger partial charge < -0.3 is 10.1 Å². The standard InChI is InChI=1S/C15H9FN6O3/c1-3-8-6-12(9(7-10(8)16)15(24)25-2)17-14(23)11-4-5-13-18-20-21-22(13)19-11/h1,4-7H,2H3,(H,17,23). The molecule has 0 aliphatic heterocycles. The van der Waals surface area contributed by atoms with E-state index in [0.29, 0.717) is 5.65 Å². The molecule has 3 aromatic rings. The Morgan fingerprint density at radius 3 is 2.88 bits per heavy atom. The van der Waals surface area contributed by atoms with E-state index < -0.39 is 17.7 Å². The highest BCUT2D eigenvalue weighted by atomic mass is 19.1. The first-order valence-electron chi connectivity index (χ1n) is 6.78. The molecular formula is C15H9FN6O3. The molecule has 0 fully saturated rings. The zero-order chi connectivity index (χ0) is 18.0. The first kappa shape index (κ1) is 16.0. The maximum Gasteiger partial charge on any atom is 0.340 e. The number of carbonyl (C=O) groups is 2. The largest absolute Gasteiger partial charge is 0.465 e. The number of halogens is 1. The summed E-state index contributed by atoms with van der Waals surface area (Å²) in [7, 11) is 1.13. The molecule has 124 valence electrons. The number of nitrogens with one attached hydrogen (secondary N) is 1. The topological polar surface area (TPSA) is 111 Å². The number of methoxy groups -OCH3 is 1. The van der Waals surface area contributed by atoms with Crippen LogP contribution in [0.5, 0.6) is 0 Å². The van der Waals surface area contributed by atoms with Crippen molar-refractivity contribution in [2.75, 3.05) is 12.4 Å². The molecule has 0 atom stereocenters. The van der Waals surface area contributed by atoms with Gasteiger partial charge in [0.1, 0.15) is 5.82 Å². The molecule has 1 amide bonds. The van der Waals surface area contributed by atoms with E-state index >= 15 is 0 Å². The fourth-order valence-corrected chi connectivity index (χ4v) is 2.02. The number of ether oxygens (including phenoxy) is 1. The number of esters is 1. The number of hydrogen-bond acceptors (Lipinski definition) is 7. The van der Waals surface area contributed by atoms with Crippen LogP contribution in [0.25, 0.3) is 5.65 Å². The van der Waals surface area contributed by atoms with E-state index in [9.17, 15) is 14.0 Å². The Morgan fingerprint density at radius 2 is 2.16 bits per heavy atom. The molecule has 0 unspecified atom stereocenters. The zero-order valence-electron chi connectivity index (χ0n) is 12.7. The quantitative estimate of drug-likeness (QED) is 0.551. The van der Waals surface area contributed by atoms with Gasteiger partial charge in [-0.25, -0.2) is 9.18 Å². The summed E-state index contributed by atoms with van der Waals surface area (Å²) in [5, 5.41) is 17.0. The SMILES string of the molecule is C#Cc1cc(NC(=O)c2ccc3nnnn3n2)c(C(=O)OC)cc1F. The van der Waals surface area contributed by atoms with Gasteiger partial charge in [-0.3, -0.25) is 4.79 Å². The summed E-state index contributed by atoms with van der Waals surface area (Å²) in [5.74, 6) is -0.155. The average Bonchev–Trinajstić information content (AvgIpc) is 3.09. The molecule has 1 N–H and O–H groups in total. The van der Waals surface area contributed by atoms with Crippen molar-refractivity contribution in [1.29, 1.82) is 0 Å². The molecule has 0 aliphatic rings. The maximum atomic E-state index is 13.8. The van der Waals surface area contributed by atoms with Gasteiger partial charge >= 0.3 is 5.97 Å². The van der Waals surface area contributed by atoms with Crippen molar-refractivity contribution in [3.05, 3.63) is 46.9 Å². The highest BCUT2D eigenvalue weighted by Gasteiger charge is 2.19. The molecule has 0 aliphatic carbocycles. The predicted octanol–water partition coefficient (Wildman–Crippen LogP) is 0.679. The molecular weight excluding hydrogens is 331 g/mol. The van der Waals surface area contributed by atoms with E-state index in [2.05, 4.69) is 36.6 Å². The predicted molar refractivity (Wildman–Crippen MR) is 82.2 cm³/mol. The normalized spacial score (nSPS) is 10.3. The van der Waals surface area contributed by atoms with Gasteiger partial charge in [0.05, 0.1) is 23.9 Å². The van der Waals surface area contributed by atoms with Gasteiger partial charge in [0.15, 0.2) is 11.3 Å². The summed E-state index contributed by atoms with van der Waals surface area (Å²) >= 11 is 0. The molecule has 2 heterocycles. The Kier molecular flexibility index (Phi) is 4.05. The second-order valence-corrected chi connectivity index (χ2v) is 4.71. The van der Waals surface area contributed by atoms with Crippen molar-refractivity contribution in [1.82, 2.24) is 25.3 Å². The van der Waals surface area contributed by atoms with E-state index in [4.69, 9.17) is 6.42 Å². The highest BCUT2D eigenvalue weighted by Crippen LogP contribution is 2.22. The lowest BCUT2D eigenvalue weighted by Crippen LogP contribution is -2.18. The summed E-state index contributed by atoms with van der Waals surface area (Å²) < 4.78 is 19.5. The van der Waals surface area contributed by atoms with E-state index in [-0.39, 0.29) is 22.5 Å². The number of fused-ring (bicyclic) bond motifs is 1. The third kappa shape index (κ3) is 2.98. The number of carbonyl (C=O) groups excluding carboxylic acids is 2. The van der Waals surface area contributed by atoms with Crippen LogP contribution in [-0.2, 0) is 4.74 Å². The van der Waals surface area contributed by atoms with E-state index in [1.807, 2.05) is 0 Å². The fourth-order valence-electron chi connectivity index (χ4n) is 2.02. The van der Waals surface area contributed by atoms with Crippen LogP contribution in [0.2, 0.25) is 0 Å². The molecule has 0 spiro atoms. The molecule has 0 bridgehead atoms. The lowest BCUT2D eigenvalue weighted by atomic mass is 10.1. The van der Waals surface area contributed by atoms with E-state index in [1.165, 1.54) is 12.1 Å². The molecule has 0 saturated carbocycles. The third-order valence-electron chi connectivity index (χ3n) is 3.22. The fraction of sp³-hybridized carbons (Fsp3) is 0.0667. The van der Waals surface area contributed by atoms with Gasteiger partial charge in [0.2, 0.25) is 0 Å². The van der Waals surface area contributed by atoms with Gasteiger partial charge in [-0.15, -0.1) is 21.3 Å². The van der Waals surface area contributed by atoms with Gasteiger partial charge in [0, 0.05) is 0 Å². The van der Waals surface area contributed by atoms with E-state index in [0.717, 1.165) is 23.9 Å². The Balaban J connectivity index is 1.99. The minimum absolute atomic E-state index is 0.00943. The number of terminal acetylenes is 1. The minimum Gasteiger partial charge on any atom is -0.465 e. The Labute approximate surface area is 139 Å². The van der Waals surface area contributed by atoms with Crippen LogP contribution in [0, 0.1) is 18.2 Å². The monoisotopic (exact) mass is 340 g/mol. The summed E-state index contributed by atoms with van der Waals surface area (Å²) in [5.41, 5.74) is 0.0119. The Hall–Kier alpha value is -3.87. The van der Waals surface area contributed by atoms with Gasteiger partial charge in [-0.2, -0.15) is 0 Å². The number of nitrogens with zero attached hydrogens (tertiary/aromatic N) is 5. The van der Waals surface area contributed by atoms with Crippen LogP contribution >= 0.6 is 0 Å². The van der Waals surface area contributed by atoms with Crippen LogP contribution in [0.15, 0.2) is 24.3 Å². The number of rotatable bonds is 3. The Morgan fingerprint density at radius 1 is 1.36 bits per heavy atom. The summed E-state index contributed by atoms with van der Waals surface area (Å²) in [4.78, 5) is 24.2. The molecule has 3 rings (SSSR count). The maximum absolute atomic E-state index is 13.8. The molecule has 25 heavy (non-hydrogen) atoms. The molecule has 1 aromatic carbocycles. The summed E-state index contributed by atoms with van der Waals surface area (Å²) in [6, 6.07) is 4.94. The zero-order valence-corrected chi connectivity index (χ0v) is 12.7. The van der Waals surface area contributed by atoms with Crippen molar-refractivity contribution in [3.63, 3.8) is 0 Å². The number of anilines is 1. The molecule has 9 nitrogen and oxygen atoms in total. The number of tetrazole rings is 1. The average molecular weight is 340 g/mol. The molecule has 0 saturated heterocycles. The lowest BCUT2D eigenvalue weighted by molar-refractivity contribution is 0.0601. The lowest BCUT2D eigenvalue weighted by Gasteiger charge is -2.11. The van der Waals surface area contributed by atoms with Crippen LogP contribution in [0.1, 0.15) is 26.4 Å². The molecule has 2 aromatic heterocycles. The smallest absolute Gasteiger partial charge is 0.340 e. The van der Waals surface area contributed by atoms with Crippen molar-refractivity contribution in [2.45, 2.75) is 0 Å². The van der Waals surface area contributed by atoms with E-state index in [1.54, 1.807) is 0 Å². The number of aromatic nitrogens is 5. The molecule has 0 radical (unpaired) electrons.